The lowest BCUT2D eigenvalue weighted by molar-refractivity contribution is -0.253. The predicted octanol–water partition coefficient (Wildman–Crippen LogP) is 5.64. The molecule has 0 aliphatic carbocycles. The summed E-state index contributed by atoms with van der Waals surface area (Å²) in [5, 5.41) is 19.5. The minimum absolute atomic E-state index is 0.00996. The van der Waals surface area contributed by atoms with Gasteiger partial charge in [0.15, 0.2) is 6.29 Å². The quantitative estimate of drug-likeness (QED) is 0.234. The number of imide groups is 1. The van der Waals surface area contributed by atoms with E-state index < -0.39 is 6.29 Å². The topological polar surface area (TPSA) is 99.5 Å². The largest absolute Gasteiger partial charge is 0.395 e. The first-order chi connectivity index (χ1) is 22.5. The molecule has 4 aromatic rings. The van der Waals surface area contributed by atoms with Crippen LogP contribution in [0.2, 0.25) is 0 Å². The third kappa shape index (κ3) is 6.15. The zero-order valence-corrected chi connectivity index (χ0v) is 25.6. The number of ether oxygens (including phenoxy) is 2. The molecule has 0 unspecified atom stereocenters. The predicted molar refractivity (Wildman–Crippen MR) is 173 cm³/mol. The number of nitrogens with zero attached hydrogens (tertiary/aromatic N) is 2. The Bertz CT molecular complexity index is 1690. The summed E-state index contributed by atoms with van der Waals surface area (Å²) in [5.74, 6) is -0.539. The summed E-state index contributed by atoms with van der Waals surface area (Å²) in [5.41, 5.74) is 6.46. The number of fused-ring (bicyclic) bond motifs is 1. The molecule has 46 heavy (non-hydrogen) atoms. The van der Waals surface area contributed by atoms with Crippen molar-refractivity contribution in [3.05, 3.63) is 130 Å². The summed E-state index contributed by atoms with van der Waals surface area (Å²) in [6, 6.07) is 31.0. The highest BCUT2D eigenvalue weighted by Gasteiger charge is 2.36. The maximum Gasteiger partial charge on any atom is 0.261 e. The van der Waals surface area contributed by atoms with Gasteiger partial charge in [0.05, 0.1) is 43.1 Å². The van der Waals surface area contributed by atoms with E-state index in [1.807, 2.05) is 66.7 Å². The Labute approximate surface area is 268 Å². The first kappa shape index (κ1) is 30.5. The minimum Gasteiger partial charge on any atom is -0.395 e. The van der Waals surface area contributed by atoms with Crippen LogP contribution in [0, 0.1) is 0 Å². The summed E-state index contributed by atoms with van der Waals surface area (Å²) in [6.45, 7) is 1.99. The van der Waals surface area contributed by atoms with E-state index in [1.165, 1.54) is 4.90 Å². The molecule has 2 fully saturated rings. The Hall–Kier alpha value is -4.18. The molecule has 2 N–H and O–H groups in total. The van der Waals surface area contributed by atoms with Crippen LogP contribution in [0.4, 0.5) is 0 Å². The fourth-order valence-corrected chi connectivity index (χ4v) is 6.92. The lowest BCUT2D eigenvalue weighted by atomic mass is 9.98. The number of rotatable bonds is 9. The summed E-state index contributed by atoms with van der Waals surface area (Å²) in [7, 11) is 0. The number of amides is 2. The van der Waals surface area contributed by atoms with Gasteiger partial charge >= 0.3 is 0 Å². The van der Waals surface area contributed by atoms with Crippen LogP contribution in [0.1, 0.15) is 74.6 Å². The number of likely N-dealkylation sites (tertiary alicyclic amines) is 1. The van der Waals surface area contributed by atoms with E-state index in [0.29, 0.717) is 17.5 Å². The van der Waals surface area contributed by atoms with Gasteiger partial charge < -0.3 is 19.7 Å². The molecule has 2 amide bonds. The van der Waals surface area contributed by atoms with E-state index in [4.69, 9.17) is 9.47 Å². The average molecular weight is 619 g/mol. The van der Waals surface area contributed by atoms with Crippen molar-refractivity contribution in [3.8, 4) is 11.1 Å². The van der Waals surface area contributed by atoms with Gasteiger partial charge in [-0.3, -0.25) is 19.4 Å². The van der Waals surface area contributed by atoms with Crippen LogP contribution in [0.15, 0.2) is 97.1 Å². The first-order valence-electron chi connectivity index (χ1n) is 16.0. The lowest BCUT2D eigenvalue weighted by Crippen LogP contribution is -2.42. The molecular formula is C38H38N2O6. The van der Waals surface area contributed by atoms with Crippen LogP contribution in [-0.2, 0) is 22.6 Å². The molecule has 8 heteroatoms. The second-order valence-electron chi connectivity index (χ2n) is 12.4. The molecule has 8 nitrogen and oxygen atoms in total. The van der Waals surface area contributed by atoms with Gasteiger partial charge in [0.25, 0.3) is 11.8 Å². The summed E-state index contributed by atoms with van der Waals surface area (Å²) >= 11 is 0. The molecule has 0 aromatic heterocycles. The van der Waals surface area contributed by atoms with Gasteiger partial charge in [0.1, 0.15) is 0 Å². The van der Waals surface area contributed by atoms with E-state index in [9.17, 15) is 19.8 Å². The highest BCUT2D eigenvalue weighted by Crippen LogP contribution is 2.39. The Kier molecular flexibility index (Phi) is 8.80. The summed E-state index contributed by atoms with van der Waals surface area (Å²) < 4.78 is 13.2. The molecule has 4 atom stereocenters. The fourth-order valence-electron chi connectivity index (χ4n) is 6.92. The monoisotopic (exact) mass is 618 g/mol. The fraction of sp³-hybridized carbons (Fsp3) is 0.316. The number of carbonyl (C=O) groups is 2. The molecule has 3 heterocycles. The van der Waals surface area contributed by atoms with Crippen molar-refractivity contribution in [2.45, 2.75) is 57.0 Å². The van der Waals surface area contributed by atoms with Gasteiger partial charge in [0, 0.05) is 24.6 Å². The molecule has 0 bridgehead atoms. The molecule has 2 saturated heterocycles. The van der Waals surface area contributed by atoms with Crippen molar-refractivity contribution in [2.75, 3.05) is 19.7 Å². The smallest absolute Gasteiger partial charge is 0.261 e. The number of hydrogen-bond acceptors (Lipinski definition) is 7. The number of hydrogen-bond donors (Lipinski definition) is 2. The van der Waals surface area contributed by atoms with Crippen molar-refractivity contribution < 1.29 is 29.3 Å². The van der Waals surface area contributed by atoms with Crippen LogP contribution in [-0.4, -0.2) is 63.7 Å². The van der Waals surface area contributed by atoms with Crippen molar-refractivity contribution in [1.82, 2.24) is 9.80 Å². The molecule has 0 radical (unpaired) electrons. The third-order valence-corrected chi connectivity index (χ3v) is 9.40. The van der Waals surface area contributed by atoms with Gasteiger partial charge in [-0.2, -0.15) is 0 Å². The van der Waals surface area contributed by atoms with Gasteiger partial charge in [-0.05, 0) is 71.5 Å². The molecule has 3 aliphatic heterocycles. The Morgan fingerprint density at radius 2 is 1.46 bits per heavy atom. The van der Waals surface area contributed by atoms with E-state index in [0.717, 1.165) is 59.3 Å². The number of benzene rings is 4. The summed E-state index contributed by atoms with van der Waals surface area (Å²) in [6.07, 6.45) is 1.85. The highest BCUT2D eigenvalue weighted by molar-refractivity contribution is 6.21. The molecule has 0 spiro atoms. The minimum atomic E-state index is -0.599. The van der Waals surface area contributed by atoms with Gasteiger partial charge in [-0.15, -0.1) is 0 Å². The molecular weight excluding hydrogens is 580 g/mol. The number of aliphatic hydroxyl groups is 2. The van der Waals surface area contributed by atoms with E-state index in [1.54, 1.807) is 24.3 Å². The molecule has 4 aromatic carbocycles. The summed E-state index contributed by atoms with van der Waals surface area (Å²) in [4.78, 5) is 29.6. The Morgan fingerprint density at radius 1 is 0.739 bits per heavy atom. The Balaban J connectivity index is 1.13. The maximum atomic E-state index is 13.0. The molecule has 3 aliphatic rings. The standard InChI is InChI=1S/C38H38N2O6/c41-23-25-13-15-27(16-14-25)35-20-32(22-39-17-5-10-31(39)24-42)45-38(46-35)30-9-4-8-29(19-30)28-7-3-6-26(18-28)21-40-36(43)33-11-1-2-12-34(33)37(40)44/h1-4,6-9,11-16,18-19,31-32,35,38,41-42H,5,10,17,20-24H2/t31-,32-,35+,38+/m0/s1. The van der Waals surface area contributed by atoms with Crippen LogP contribution < -0.4 is 0 Å². The Morgan fingerprint density at radius 3 is 2.17 bits per heavy atom. The molecule has 236 valence electrons. The second kappa shape index (κ2) is 13.3. The molecule has 7 rings (SSSR count). The highest BCUT2D eigenvalue weighted by atomic mass is 16.7. The van der Waals surface area contributed by atoms with E-state index in [-0.39, 0.29) is 49.8 Å². The van der Waals surface area contributed by atoms with Gasteiger partial charge in [-0.25, -0.2) is 0 Å². The van der Waals surface area contributed by atoms with Gasteiger partial charge in [-0.1, -0.05) is 72.8 Å². The third-order valence-electron chi connectivity index (χ3n) is 9.40. The van der Waals surface area contributed by atoms with Crippen LogP contribution in [0.5, 0.6) is 0 Å². The SMILES string of the molecule is O=C1c2ccccc2C(=O)N1Cc1cccc(-c2cccc([C@@H]3O[C@H](CN4CCC[C@H]4CO)C[C@H](c4ccc(CO)cc4)O3)c2)c1. The zero-order valence-electron chi connectivity index (χ0n) is 25.6. The van der Waals surface area contributed by atoms with Gasteiger partial charge in [0.2, 0.25) is 0 Å². The van der Waals surface area contributed by atoms with E-state index >= 15 is 0 Å². The van der Waals surface area contributed by atoms with E-state index in [2.05, 4.69) is 11.0 Å². The van der Waals surface area contributed by atoms with Crippen molar-refractivity contribution in [2.24, 2.45) is 0 Å². The van der Waals surface area contributed by atoms with Crippen molar-refractivity contribution in [3.63, 3.8) is 0 Å². The van der Waals surface area contributed by atoms with Crippen LogP contribution in [0.25, 0.3) is 11.1 Å². The average Bonchev–Trinajstić information content (AvgIpc) is 3.66. The van der Waals surface area contributed by atoms with Crippen molar-refractivity contribution >= 4 is 11.8 Å². The number of aliphatic hydroxyl groups excluding tert-OH is 2. The van der Waals surface area contributed by atoms with Crippen LogP contribution in [0.3, 0.4) is 0 Å². The maximum absolute atomic E-state index is 13.0. The number of carbonyl (C=O) groups excluding carboxylic acids is 2. The lowest BCUT2D eigenvalue weighted by Gasteiger charge is -2.38. The zero-order chi connectivity index (χ0) is 31.6. The van der Waals surface area contributed by atoms with Crippen molar-refractivity contribution in [1.29, 1.82) is 0 Å². The molecule has 0 saturated carbocycles. The second-order valence-corrected chi connectivity index (χ2v) is 12.4. The van der Waals surface area contributed by atoms with Crippen LogP contribution >= 0.6 is 0 Å². The first-order valence-corrected chi connectivity index (χ1v) is 16.0. The normalized spacial score (nSPS) is 23.2.